The smallest absolute Gasteiger partial charge is 0.339 e. The number of sulfonamides is 1. The van der Waals surface area contributed by atoms with E-state index in [1.165, 1.54) is 31.6 Å². The van der Waals surface area contributed by atoms with Gasteiger partial charge >= 0.3 is 5.97 Å². The zero-order valence-electron chi connectivity index (χ0n) is 10.4. The van der Waals surface area contributed by atoms with Crippen LogP contribution in [0.4, 0.5) is 0 Å². The minimum Gasteiger partial charge on any atom is -0.465 e. The van der Waals surface area contributed by atoms with E-state index in [1.807, 2.05) is 0 Å². The highest BCUT2D eigenvalue weighted by Gasteiger charge is 2.17. The highest BCUT2D eigenvalue weighted by molar-refractivity contribution is 7.89. The van der Waals surface area contributed by atoms with Crippen molar-refractivity contribution < 1.29 is 22.5 Å². The summed E-state index contributed by atoms with van der Waals surface area (Å²) in [7, 11) is -2.61. The average molecular weight is 297 g/mol. The molecule has 0 spiro atoms. The summed E-state index contributed by atoms with van der Waals surface area (Å²) >= 11 is 0. The van der Waals surface area contributed by atoms with Gasteiger partial charge in [0.25, 0.3) is 0 Å². The Labute approximate surface area is 114 Å². The normalized spacial score (nSPS) is 11.2. The van der Waals surface area contributed by atoms with Crippen molar-refractivity contribution in [3.63, 3.8) is 0 Å². The highest BCUT2D eigenvalue weighted by atomic mass is 32.2. The first kappa shape index (κ1) is 14.2. The van der Waals surface area contributed by atoms with Gasteiger partial charge < -0.3 is 9.26 Å². The van der Waals surface area contributed by atoms with Crippen LogP contribution < -0.4 is 4.72 Å². The van der Waals surface area contributed by atoms with Crippen molar-refractivity contribution >= 4 is 16.0 Å². The van der Waals surface area contributed by atoms with Gasteiger partial charge in [-0.1, -0.05) is 5.16 Å². The number of nitrogens with one attached hydrogen (secondary N) is 1. The van der Waals surface area contributed by atoms with Gasteiger partial charge in [-0.25, -0.2) is 17.9 Å². The van der Waals surface area contributed by atoms with Crippen LogP contribution in [0, 0.1) is 0 Å². The Balaban J connectivity index is 2.18. The summed E-state index contributed by atoms with van der Waals surface area (Å²) in [6, 6.07) is 2.72. The summed E-state index contributed by atoms with van der Waals surface area (Å²) < 4.78 is 35.6. The molecule has 2 aromatic rings. The highest BCUT2D eigenvalue weighted by Crippen LogP contribution is 2.11. The van der Waals surface area contributed by atoms with E-state index >= 15 is 0 Å². The molecular weight excluding hydrogens is 286 g/mol. The third-order valence-corrected chi connectivity index (χ3v) is 3.74. The van der Waals surface area contributed by atoms with Crippen LogP contribution in [0.2, 0.25) is 0 Å². The second-order valence-corrected chi connectivity index (χ2v) is 5.47. The molecule has 8 nitrogen and oxygen atoms in total. The van der Waals surface area contributed by atoms with Crippen LogP contribution in [0.5, 0.6) is 0 Å². The lowest BCUT2D eigenvalue weighted by Gasteiger charge is -2.06. The number of carbonyl (C=O) groups is 1. The van der Waals surface area contributed by atoms with Crippen LogP contribution in [0.3, 0.4) is 0 Å². The molecule has 2 heterocycles. The number of rotatable bonds is 5. The Bertz CT molecular complexity index is 697. The molecule has 106 valence electrons. The molecule has 0 saturated heterocycles. The first-order valence-electron chi connectivity index (χ1n) is 5.45. The topological polar surface area (TPSA) is 111 Å². The van der Waals surface area contributed by atoms with Crippen LogP contribution in [0.25, 0.3) is 0 Å². The summed E-state index contributed by atoms with van der Waals surface area (Å²) in [5, 5.41) is 3.46. The van der Waals surface area contributed by atoms with Gasteiger partial charge in [-0.2, -0.15) is 0 Å². The van der Waals surface area contributed by atoms with Crippen molar-refractivity contribution in [2.75, 3.05) is 7.11 Å². The maximum Gasteiger partial charge on any atom is 0.339 e. The molecule has 0 saturated carbocycles. The second kappa shape index (κ2) is 5.80. The number of pyridine rings is 1. The van der Waals surface area contributed by atoms with E-state index in [-0.39, 0.29) is 17.0 Å². The quantitative estimate of drug-likeness (QED) is 0.792. The standard InChI is InChI=1S/C11H11N3O5S/c1-18-11(15)8-4-10(7-12-5-8)20(16,17)14-6-9-2-3-13-19-9/h2-5,7,14H,6H2,1H3. The molecule has 0 fully saturated rings. The number of carbonyl (C=O) groups excluding carboxylic acids is 1. The Hall–Kier alpha value is -2.26. The summed E-state index contributed by atoms with van der Waals surface area (Å²) in [5.74, 6) is -0.296. The minimum atomic E-state index is -3.81. The lowest BCUT2D eigenvalue weighted by atomic mass is 10.3. The maximum absolute atomic E-state index is 12.0. The van der Waals surface area contributed by atoms with Crippen molar-refractivity contribution in [2.45, 2.75) is 11.4 Å². The molecule has 1 N–H and O–H groups in total. The maximum atomic E-state index is 12.0. The lowest BCUT2D eigenvalue weighted by molar-refractivity contribution is 0.0600. The summed E-state index contributed by atoms with van der Waals surface area (Å²) in [4.78, 5) is 14.9. The molecule has 0 bridgehead atoms. The Morgan fingerprint density at radius 2 is 2.25 bits per heavy atom. The molecule has 0 aliphatic carbocycles. The molecule has 2 aromatic heterocycles. The molecule has 0 amide bonds. The van der Waals surface area contributed by atoms with E-state index in [2.05, 4.69) is 19.6 Å². The third-order valence-electron chi connectivity index (χ3n) is 2.37. The van der Waals surface area contributed by atoms with Crippen LogP contribution >= 0.6 is 0 Å². The molecule has 0 aliphatic heterocycles. The van der Waals surface area contributed by atoms with Gasteiger partial charge in [-0.05, 0) is 6.07 Å². The van der Waals surface area contributed by atoms with Crippen LogP contribution in [0.15, 0.2) is 40.1 Å². The lowest BCUT2D eigenvalue weighted by Crippen LogP contribution is -2.23. The van der Waals surface area contributed by atoms with Gasteiger partial charge in [0.2, 0.25) is 10.0 Å². The average Bonchev–Trinajstić information content (AvgIpc) is 2.98. The second-order valence-electron chi connectivity index (χ2n) is 3.70. The number of aromatic nitrogens is 2. The molecule has 20 heavy (non-hydrogen) atoms. The fraction of sp³-hybridized carbons (Fsp3) is 0.182. The molecule has 0 unspecified atom stereocenters. The predicted octanol–water partition coefficient (Wildman–Crippen LogP) is 0.335. The van der Waals surface area contributed by atoms with Gasteiger partial charge in [0.1, 0.15) is 4.90 Å². The molecule has 0 radical (unpaired) electrons. The molecule has 0 aromatic carbocycles. The fourth-order valence-corrected chi connectivity index (χ4v) is 2.36. The van der Waals surface area contributed by atoms with Gasteiger partial charge in [0.15, 0.2) is 5.76 Å². The van der Waals surface area contributed by atoms with Crippen LogP contribution in [0.1, 0.15) is 16.1 Å². The fourth-order valence-electron chi connectivity index (χ4n) is 1.38. The van der Waals surface area contributed by atoms with E-state index in [1.54, 1.807) is 0 Å². The van der Waals surface area contributed by atoms with Gasteiger partial charge in [-0.15, -0.1) is 0 Å². The number of nitrogens with zero attached hydrogens (tertiary/aromatic N) is 2. The zero-order chi connectivity index (χ0) is 14.6. The monoisotopic (exact) mass is 297 g/mol. The van der Waals surface area contributed by atoms with Gasteiger partial charge in [0, 0.05) is 18.5 Å². The number of methoxy groups -OCH3 is 1. The Morgan fingerprint density at radius 1 is 1.45 bits per heavy atom. The van der Waals surface area contributed by atoms with Crippen molar-refractivity contribution in [1.29, 1.82) is 0 Å². The molecule has 2 rings (SSSR count). The number of hydrogen-bond acceptors (Lipinski definition) is 7. The van der Waals surface area contributed by atoms with E-state index in [0.717, 1.165) is 6.20 Å². The third kappa shape index (κ3) is 3.19. The number of hydrogen-bond donors (Lipinski definition) is 1. The summed E-state index contributed by atoms with van der Waals surface area (Å²) in [6.45, 7) is -0.0508. The SMILES string of the molecule is COC(=O)c1cncc(S(=O)(=O)NCc2ccno2)c1. The van der Waals surface area contributed by atoms with E-state index in [9.17, 15) is 13.2 Å². The molecule has 0 aliphatic rings. The van der Waals surface area contributed by atoms with Gasteiger partial charge in [-0.3, -0.25) is 4.98 Å². The first-order valence-corrected chi connectivity index (χ1v) is 6.94. The van der Waals surface area contributed by atoms with E-state index in [4.69, 9.17) is 4.52 Å². The van der Waals surface area contributed by atoms with Crippen molar-refractivity contribution in [2.24, 2.45) is 0 Å². The molecule has 0 atom stereocenters. The number of ether oxygens (including phenoxy) is 1. The Morgan fingerprint density at radius 3 is 2.90 bits per heavy atom. The van der Waals surface area contributed by atoms with Crippen LogP contribution in [-0.2, 0) is 21.3 Å². The number of esters is 1. The van der Waals surface area contributed by atoms with Crippen molar-refractivity contribution in [1.82, 2.24) is 14.9 Å². The van der Waals surface area contributed by atoms with Gasteiger partial charge in [0.05, 0.1) is 25.4 Å². The molecular formula is C11H11N3O5S. The van der Waals surface area contributed by atoms with Crippen molar-refractivity contribution in [3.05, 3.63) is 42.0 Å². The minimum absolute atomic E-state index is 0.0508. The predicted molar refractivity (Wildman–Crippen MR) is 66.1 cm³/mol. The zero-order valence-corrected chi connectivity index (χ0v) is 11.3. The summed E-state index contributed by atoms with van der Waals surface area (Å²) in [5.41, 5.74) is 0.0510. The van der Waals surface area contributed by atoms with E-state index < -0.39 is 16.0 Å². The largest absolute Gasteiger partial charge is 0.465 e. The van der Waals surface area contributed by atoms with E-state index in [0.29, 0.717) is 5.76 Å². The van der Waals surface area contributed by atoms with Crippen molar-refractivity contribution in [3.8, 4) is 0 Å². The Kier molecular flexibility index (Phi) is 4.11. The first-order chi connectivity index (χ1) is 9.53. The molecule has 9 heteroatoms. The summed E-state index contributed by atoms with van der Waals surface area (Å²) in [6.07, 6.45) is 3.76. The van der Waals surface area contributed by atoms with Crippen LogP contribution in [-0.4, -0.2) is 31.6 Å².